The van der Waals surface area contributed by atoms with Crippen LogP contribution in [-0.2, 0) is 17.6 Å². The van der Waals surface area contributed by atoms with Crippen LogP contribution in [0.15, 0.2) is 30.3 Å². The second kappa shape index (κ2) is 5.99. The number of nitrogens with zero attached hydrogens (tertiary/aromatic N) is 2. The summed E-state index contributed by atoms with van der Waals surface area (Å²) in [6.45, 7) is 8.04. The zero-order valence-electron chi connectivity index (χ0n) is 17.7. The van der Waals surface area contributed by atoms with E-state index in [1.165, 1.54) is 0 Å². The molecule has 0 spiro atoms. The Kier molecular flexibility index (Phi) is 3.99. The topological polar surface area (TPSA) is 70.1 Å². The summed E-state index contributed by atoms with van der Waals surface area (Å²) in [6, 6.07) is 9.28. The number of methoxy groups -OCH3 is 1. The van der Waals surface area contributed by atoms with E-state index in [0.717, 1.165) is 11.1 Å². The lowest BCUT2D eigenvalue weighted by molar-refractivity contribution is 0.0592. The zero-order valence-corrected chi connectivity index (χ0v) is 17.7. The van der Waals surface area contributed by atoms with E-state index in [9.17, 15) is 14.7 Å². The molecule has 0 radical (unpaired) electrons. The second-order valence-electron chi connectivity index (χ2n) is 8.75. The van der Waals surface area contributed by atoms with Crippen molar-refractivity contribution in [2.45, 2.75) is 45.3 Å². The standard InChI is InChI=1S/C23H26N2O4/c1-22(2)15-11-10-13(19(26)18(15)20(27)24(22)5)12-25-21(28)17-14(23(25,3)4)8-7-9-16(17)29-6/h7-11,26H,12H2,1-6H3. The predicted molar refractivity (Wildman–Crippen MR) is 109 cm³/mol. The number of amides is 2. The van der Waals surface area contributed by atoms with Crippen LogP contribution in [0.2, 0.25) is 0 Å². The molecule has 4 rings (SSSR count). The van der Waals surface area contributed by atoms with Crippen LogP contribution in [0.1, 0.15) is 65.1 Å². The maximum Gasteiger partial charge on any atom is 0.259 e. The van der Waals surface area contributed by atoms with Crippen LogP contribution in [0.25, 0.3) is 0 Å². The van der Waals surface area contributed by atoms with E-state index < -0.39 is 11.1 Å². The minimum Gasteiger partial charge on any atom is -0.507 e. The Hall–Kier alpha value is -3.02. The molecule has 0 unspecified atom stereocenters. The van der Waals surface area contributed by atoms with Crippen LogP contribution < -0.4 is 4.74 Å². The summed E-state index contributed by atoms with van der Waals surface area (Å²) in [6.07, 6.45) is 0. The number of phenols is 1. The highest BCUT2D eigenvalue weighted by molar-refractivity contribution is 6.03. The third kappa shape index (κ3) is 2.41. The van der Waals surface area contributed by atoms with Gasteiger partial charge in [0.2, 0.25) is 0 Å². The van der Waals surface area contributed by atoms with Gasteiger partial charge in [-0.05, 0) is 44.9 Å². The van der Waals surface area contributed by atoms with Crippen molar-refractivity contribution in [1.29, 1.82) is 0 Å². The van der Waals surface area contributed by atoms with Crippen molar-refractivity contribution in [3.63, 3.8) is 0 Å². The molecule has 6 heteroatoms. The summed E-state index contributed by atoms with van der Waals surface area (Å²) in [5, 5.41) is 11.0. The van der Waals surface area contributed by atoms with Crippen LogP contribution in [0, 0.1) is 0 Å². The highest BCUT2D eigenvalue weighted by atomic mass is 16.5. The molecule has 2 aromatic rings. The fourth-order valence-corrected chi connectivity index (χ4v) is 4.50. The molecule has 0 aromatic heterocycles. The first kappa shape index (κ1) is 19.3. The van der Waals surface area contributed by atoms with Crippen LogP contribution in [0.5, 0.6) is 11.5 Å². The number of aromatic hydroxyl groups is 1. The number of carbonyl (C=O) groups is 2. The van der Waals surface area contributed by atoms with Crippen molar-refractivity contribution in [1.82, 2.24) is 9.80 Å². The molecule has 6 nitrogen and oxygen atoms in total. The Bertz CT molecular complexity index is 1060. The first-order valence-electron chi connectivity index (χ1n) is 9.66. The molecule has 0 fully saturated rings. The van der Waals surface area contributed by atoms with Crippen molar-refractivity contribution >= 4 is 11.8 Å². The number of benzene rings is 2. The SMILES string of the molecule is COc1cccc2c1C(=O)N(Cc1ccc3c(c1O)C(=O)N(C)C3(C)C)C2(C)C. The number of hydrogen-bond acceptors (Lipinski definition) is 4. The fourth-order valence-electron chi connectivity index (χ4n) is 4.50. The number of ether oxygens (including phenoxy) is 1. The summed E-state index contributed by atoms with van der Waals surface area (Å²) < 4.78 is 5.41. The molecule has 0 saturated carbocycles. The van der Waals surface area contributed by atoms with E-state index in [4.69, 9.17) is 4.74 Å². The molecule has 2 aromatic carbocycles. The van der Waals surface area contributed by atoms with Gasteiger partial charge in [-0.15, -0.1) is 0 Å². The number of fused-ring (bicyclic) bond motifs is 2. The Labute approximate surface area is 170 Å². The summed E-state index contributed by atoms with van der Waals surface area (Å²) >= 11 is 0. The fraction of sp³-hybridized carbons (Fsp3) is 0.391. The Morgan fingerprint density at radius 1 is 0.931 bits per heavy atom. The maximum absolute atomic E-state index is 13.3. The largest absolute Gasteiger partial charge is 0.507 e. The quantitative estimate of drug-likeness (QED) is 0.863. The molecule has 2 aliphatic heterocycles. The number of carbonyl (C=O) groups excluding carboxylic acids is 2. The van der Waals surface area contributed by atoms with E-state index in [1.54, 1.807) is 30.0 Å². The van der Waals surface area contributed by atoms with Crippen LogP contribution in [0.4, 0.5) is 0 Å². The van der Waals surface area contributed by atoms with E-state index in [-0.39, 0.29) is 24.1 Å². The molecule has 0 atom stereocenters. The van der Waals surface area contributed by atoms with Crippen LogP contribution >= 0.6 is 0 Å². The smallest absolute Gasteiger partial charge is 0.259 e. The lowest BCUT2D eigenvalue weighted by atomic mass is 9.91. The minimum atomic E-state index is -0.577. The Morgan fingerprint density at radius 3 is 2.24 bits per heavy atom. The summed E-state index contributed by atoms with van der Waals surface area (Å²) in [7, 11) is 3.28. The molecule has 152 valence electrons. The van der Waals surface area contributed by atoms with Crippen molar-refractivity contribution < 1.29 is 19.4 Å². The van der Waals surface area contributed by atoms with E-state index in [2.05, 4.69) is 0 Å². The average Bonchev–Trinajstić information content (AvgIpc) is 2.98. The van der Waals surface area contributed by atoms with E-state index in [1.807, 2.05) is 52.0 Å². The molecule has 29 heavy (non-hydrogen) atoms. The Morgan fingerprint density at radius 2 is 1.59 bits per heavy atom. The molecule has 0 bridgehead atoms. The second-order valence-corrected chi connectivity index (χ2v) is 8.75. The van der Waals surface area contributed by atoms with Gasteiger partial charge in [0.1, 0.15) is 11.5 Å². The van der Waals surface area contributed by atoms with Gasteiger partial charge in [-0.2, -0.15) is 0 Å². The van der Waals surface area contributed by atoms with Gasteiger partial charge in [-0.3, -0.25) is 9.59 Å². The van der Waals surface area contributed by atoms with Gasteiger partial charge in [0.25, 0.3) is 11.8 Å². The maximum atomic E-state index is 13.3. The Balaban J connectivity index is 1.77. The van der Waals surface area contributed by atoms with Crippen molar-refractivity contribution in [3.8, 4) is 11.5 Å². The minimum absolute atomic E-state index is 0.0450. The van der Waals surface area contributed by atoms with E-state index >= 15 is 0 Å². The third-order valence-electron chi connectivity index (χ3n) is 6.65. The number of rotatable bonds is 3. The summed E-state index contributed by atoms with van der Waals surface area (Å²) in [5.41, 5.74) is 2.05. The van der Waals surface area contributed by atoms with Gasteiger partial charge in [0.15, 0.2) is 0 Å². The lowest BCUT2D eigenvalue weighted by Gasteiger charge is -2.33. The molecule has 2 aliphatic rings. The zero-order chi connectivity index (χ0) is 21.3. The predicted octanol–water partition coefficient (Wildman–Crippen LogP) is 3.61. The lowest BCUT2D eigenvalue weighted by Crippen LogP contribution is -2.38. The van der Waals surface area contributed by atoms with Crippen molar-refractivity contribution in [3.05, 3.63) is 58.1 Å². The highest BCUT2D eigenvalue weighted by Crippen LogP contribution is 2.46. The average molecular weight is 394 g/mol. The number of hydrogen-bond donors (Lipinski definition) is 1. The molecule has 2 amide bonds. The number of phenolic OH excluding ortho intramolecular Hbond substituents is 1. The monoisotopic (exact) mass is 394 g/mol. The molecule has 0 aliphatic carbocycles. The molecular formula is C23H26N2O4. The van der Waals surface area contributed by atoms with Gasteiger partial charge >= 0.3 is 0 Å². The molecule has 0 saturated heterocycles. The first-order valence-corrected chi connectivity index (χ1v) is 9.66. The van der Waals surface area contributed by atoms with Crippen LogP contribution in [0.3, 0.4) is 0 Å². The molecular weight excluding hydrogens is 368 g/mol. The molecule has 1 N–H and O–H groups in total. The van der Waals surface area contributed by atoms with Crippen molar-refractivity contribution in [2.75, 3.05) is 14.2 Å². The summed E-state index contributed by atoms with van der Waals surface area (Å²) in [4.78, 5) is 29.3. The highest BCUT2D eigenvalue weighted by Gasteiger charge is 2.46. The third-order valence-corrected chi connectivity index (χ3v) is 6.65. The van der Waals surface area contributed by atoms with Gasteiger partial charge in [-0.25, -0.2) is 0 Å². The van der Waals surface area contributed by atoms with Crippen molar-refractivity contribution in [2.24, 2.45) is 0 Å². The van der Waals surface area contributed by atoms with Crippen LogP contribution in [-0.4, -0.2) is 40.9 Å². The van der Waals surface area contributed by atoms with E-state index in [0.29, 0.717) is 22.4 Å². The van der Waals surface area contributed by atoms with Gasteiger partial charge < -0.3 is 19.6 Å². The first-order chi connectivity index (χ1) is 13.5. The van der Waals surface area contributed by atoms with Gasteiger partial charge in [0, 0.05) is 12.6 Å². The summed E-state index contributed by atoms with van der Waals surface area (Å²) in [5.74, 6) is 0.142. The molecule has 2 heterocycles. The normalized spacial score (nSPS) is 18.8. The van der Waals surface area contributed by atoms with Gasteiger partial charge in [0.05, 0.1) is 35.9 Å². The van der Waals surface area contributed by atoms with Gasteiger partial charge in [-0.1, -0.05) is 24.3 Å².